The quantitative estimate of drug-likeness (QED) is 0.920. The minimum Gasteiger partial charge on any atom is -0.371 e. The number of hydrogen-bond donors (Lipinski definition) is 1. The summed E-state index contributed by atoms with van der Waals surface area (Å²) in [6.45, 7) is 7.77. The Morgan fingerprint density at radius 3 is 2.21 bits per heavy atom. The average molecular weight is 296 g/mol. The van der Waals surface area contributed by atoms with Gasteiger partial charge in [0, 0.05) is 13.2 Å². The average Bonchev–Trinajstić information content (AvgIpc) is 2.67. The number of halogens is 3. The first-order chi connectivity index (χ1) is 8.61. The number of nitrogens with two attached hydrogens (primary N) is 1. The minimum absolute atomic E-state index is 0.0523. The van der Waals surface area contributed by atoms with Gasteiger partial charge in [-0.15, -0.1) is 11.3 Å². The molecule has 19 heavy (non-hydrogen) atoms. The van der Waals surface area contributed by atoms with Gasteiger partial charge < -0.3 is 10.5 Å². The van der Waals surface area contributed by atoms with E-state index in [1.807, 2.05) is 20.8 Å². The molecule has 0 radical (unpaired) electrons. The van der Waals surface area contributed by atoms with Crippen LogP contribution in [0.1, 0.15) is 49.4 Å². The maximum atomic E-state index is 12.8. The fraction of sp³-hybridized carbons (Fsp3) is 0.750. The molecule has 1 unspecified atom stereocenters. The van der Waals surface area contributed by atoms with Crippen molar-refractivity contribution >= 4 is 11.3 Å². The van der Waals surface area contributed by atoms with Crippen molar-refractivity contribution in [2.24, 2.45) is 11.1 Å². The first-order valence-corrected chi connectivity index (χ1v) is 6.81. The van der Waals surface area contributed by atoms with Gasteiger partial charge in [0.2, 0.25) is 0 Å². The Balaban J connectivity index is 3.23. The lowest BCUT2D eigenvalue weighted by Crippen LogP contribution is -2.21. The van der Waals surface area contributed by atoms with Gasteiger partial charge in [0.1, 0.15) is 11.1 Å². The highest BCUT2D eigenvalue weighted by atomic mass is 32.1. The van der Waals surface area contributed by atoms with Crippen molar-refractivity contribution < 1.29 is 17.9 Å². The molecule has 1 aromatic heterocycles. The van der Waals surface area contributed by atoms with Crippen molar-refractivity contribution in [1.82, 2.24) is 4.98 Å². The summed E-state index contributed by atoms with van der Waals surface area (Å²) in [4.78, 5) is 3.78. The van der Waals surface area contributed by atoms with Crippen LogP contribution in [-0.2, 0) is 17.5 Å². The molecule has 0 aliphatic carbocycles. The van der Waals surface area contributed by atoms with Crippen LogP contribution in [0.5, 0.6) is 0 Å². The van der Waals surface area contributed by atoms with Crippen LogP contribution in [0.2, 0.25) is 0 Å². The lowest BCUT2D eigenvalue weighted by atomic mass is 9.89. The maximum absolute atomic E-state index is 12.8. The molecule has 2 N–H and O–H groups in total. The number of nitrogens with zero attached hydrogens (tertiary/aromatic N) is 1. The lowest BCUT2D eigenvalue weighted by molar-refractivity contribution is -0.141. The highest BCUT2D eigenvalue weighted by molar-refractivity contribution is 7.11. The molecular weight excluding hydrogens is 277 g/mol. The zero-order valence-corrected chi connectivity index (χ0v) is 12.3. The number of ether oxygens (including phenoxy) is 1. The van der Waals surface area contributed by atoms with Crippen LogP contribution in [0.4, 0.5) is 13.2 Å². The maximum Gasteiger partial charge on any atom is 0.434 e. The minimum atomic E-state index is -4.47. The molecule has 1 aromatic rings. The summed E-state index contributed by atoms with van der Waals surface area (Å²) in [5.41, 5.74) is 4.16. The van der Waals surface area contributed by atoms with Crippen LogP contribution in [0, 0.1) is 5.41 Å². The van der Waals surface area contributed by atoms with Crippen LogP contribution in [-0.4, -0.2) is 11.6 Å². The highest BCUT2D eigenvalue weighted by Crippen LogP contribution is 2.42. The van der Waals surface area contributed by atoms with Crippen molar-refractivity contribution in [3.8, 4) is 0 Å². The summed E-state index contributed by atoms with van der Waals surface area (Å²) >= 11 is 0.980. The third kappa shape index (κ3) is 3.90. The standard InChI is InChI=1S/C12H19F3N2OS/c1-5-18-9(11(2,3)4)10-17-8(12(13,14)15)7(6-16)19-10/h9H,5-6,16H2,1-4H3. The van der Waals surface area contributed by atoms with E-state index in [4.69, 9.17) is 10.5 Å². The number of rotatable bonds is 4. The second-order valence-electron chi connectivity index (χ2n) is 5.23. The second kappa shape index (κ2) is 5.76. The van der Waals surface area contributed by atoms with Gasteiger partial charge in [-0.05, 0) is 12.3 Å². The summed E-state index contributed by atoms with van der Waals surface area (Å²) in [6, 6.07) is 0. The van der Waals surface area contributed by atoms with Crippen LogP contribution in [0.25, 0.3) is 0 Å². The van der Waals surface area contributed by atoms with E-state index >= 15 is 0 Å². The molecule has 0 aliphatic rings. The molecule has 3 nitrogen and oxygen atoms in total. The van der Waals surface area contributed by atoms with E-state index in [-0.39, 0.29) is 16.8 Å². The van der Waals surface area contributed by atoms with Crippen LogP contribution < -0.4 is 5.73 Å². The number of alkyl halides is 3. The molecule has 7 heteroatoms. The predicted molar refractivity (Wildman–Crippen MR) is 68.8 cm³/mol. The molecule has 0 aromatic carbocycles. The van der Waals surface area contributed by atoms with Crippen LogP contribution in [0.3, 0.4) is 0 Å². The Hall–Kier alpha value is -0.660. The van der Waals surface area contributed by atoms with E-state index in [9.17, 15) is 13.2 Å². The molecule has 0 amide bonds. The monoisotopic (exact) mass is 296 g/mol. The lowest BCUT2D eigenvalue weighted by Gasteiger charge is -2.28. The summed E-state index contributed by atoms with van der Waals surface area (Å²) in [6.07, 6.45) is -4.94. The summed E-state index contributed by atoms with van der Waals surface area (Å²) < 4.78 is 44.1. The molecule has 0 saturated carbocycles. The van der Waals surface area contributed by atoms with E-state index < -0.39 is 18.0 Å². The zero-order valence-electron chi connectivity index (χ0n) is 11.5. The Morgan fingerprint density at radius 1 is 1.32 bits per heavy atom. The molecule has 1 atom stereocenters. The molecule has 0 saturated heterocycles. The predicted octanol–water partition coefficient (Wildman–Crippen LogP) is 3.74. The molecule has 0 aliphatic heterocycles. The summed E-state index contributed by atoms with van der Waals surface area (Å²) in [7, 11) is 0. The molecule has 1 rings (SSSR count). The van der Waals surface area contributed by atoms with Crippen molar-refractivity contribution in [3.63, 3.8) is 0 Å². The van der Waals surface area contributed by atoms with Gasteiger partial charge in [0.15, 0.2) is 5.69 Å². The molecule has 0 fully saturated rings. The van der Waals surface area contributed by atoms with Crippen LogP contribution >= 0.6 is 11.3 Å². The van der Waals surface area contributed by atoms with Gasteiger partial charge in [-0.25, -0.2) is 4.98 Å². The Labute approximate surface area is 115 Å². The van der Waals surface area contributed by atoms with Crippen LogP contribution in [0.15, 0.2) is 0 Å². The van der Waals surface area contributed by atoms with Gasteiger partial charge in [-0.2, -0.15) is 13.2 Å². The topological polar surface area (TPSA) is 48.1 Å². The van der Waals surface area contributed by atoms with Gasteiger partial charge in [-0.1, -0.05) is 20.8 Å². The number of aromatic nitrogens is 1. The third-order valence-electron chi connectivity index (χ3n) is 2.51. The second-order valence-corrected chi connectivity index (χ2v) is 6.34. The fourth-order valence-corrected chi connectivity index (χ4v) is 2.96. The SMILES string of the molecule is CCOC(c1nc(C(F)(F)F)c(CN)s1)C(C)(C)C. The summed E-state index contributed by atoms with van der Waals surface area (Å²) in [5.74, 6) is 0. The van der Waals surface area contributed by atoms with Gasteiger partial charge in [0.05, 0.1) is 4.88 Å². The fourth-order valence-electron chi connectivity index (χ4n) is 1.70. The number of thiazole rings is 1. The molecular formula is C12H19F3N2OS. The van der Waals surface area contributed by atoms with Crippen molar-refractivity contribution in [2.45, 2.75) is 46.5 Å². The van der Waals surface area contributed by atoms with Crippen molar-refractivity contribution in [2.75, 3.05) is 6.61 Å². The molecule has 110 valence electrons. The molecule has 1 heterocycles. The van der Waals surface area contributed by atoms with Crippen molar-refractivity contribution in [1.29, 1.82) is 0 Å². The van der Waals surface area contributed by atoms with E-state index in [0.29, 0.717) is 11.6 Å². The van der Waals surface area contributed by atoms with Crippen molar-refractivity contribution in [3.05, 3.63) is 15.6 Å². The third-order valence-corrected chi connectivity index (χ3v) is 3.63. The normalized spacial score (nSPS) is 14.7. The van der Waals surface area contributed by atoms with E-state index in [1.165, 1.54) is 0 Å². The van der Waals surface area contributed by atoms with Gasteiger partial charge in [-0.3, -0.25) is 0 Å². The zero-order chi connectivity index (χ0) is 14.8. The molecule has 0 bridgehead atoms. The first kappa shape index (κ1) is 16.4. The van der Waals surface area contributed by atoms with Gasteiger partial charge >= 0.3 is 6.18 Å². The van der Waals surface area contributed by atoms with E-state index in [2.05, 4.69) is 4.98 Å². The van der Waals surface area contributed by atoms with E-state index in [0.717, 1.165) is 11.3 Å². The number of hydrogen-bond acceptors (Lipinski definition) is 4. The smallest absolute Gasteiger partial charge is 0.371 e. The first-order valence-electron chi connectivity index (χ1n) is 5.99. The highest BCUT2D eigenvalue weighted by Gasteiger charge is 2.39. The van der Waals surface area contributed by atoms with Gasteiger partial charge in [0.25, 0.3) is 0 Å². The molecule has 0 spiro atoms. The van der Waals surface area contributed by atoms with E-state index in [1.54, 1.807) is 6.92 Å². The Kier molecular flexibility index (Phi) is 4.97. The largest absolute Gasteiger partial charge is 0.434 e. The Morgan fingerprint density at radius 2 is 1.89 bits per heavy atom. The summed E-state index contributed by atoms with van der Waals surface area (Å²) in [5, 5.41) is 0.335. The Bertz CT molecular complexity index is 424.